The van der Waals surface area contributed by atoms with Crippen molar-refractivity contribution in [2.24, 2.45) is 0 Å². The second-order valence-corrected chi connectivity index (χ2v) is 9.01. The highest BCUT2D eigenvalue weighted by Gasteiger charge is 2.38. The minimum atomic E-state index is -0.480. The summed E-state index contributed by atoms with van der Waals surface area (Å²) in [5.41, 5.74) is 7.26. The van der Waals surface area contributed by atoms with Crippen molar-refractivity contribution in [3.05, 3.63) is 63.9 Å². The van der Waals surface area contributed by atoms with E-state index in [0.717, 1.165) is 34.6 Å². The molecule has 0 spiro atoms. The third kappa shape index (κ3) is 4.36. The number of aryl methyl sites for hydroxylation is 3. The average molecular weight is 458 g/mol. The highest BCUT2D eigenvalue weighted by Crippen LogP contribution is 2.39. The Morgan fingerprint density at radius 3 is 2.61 bits per heavy atom. The molecule has 0 saturated carbocycles. The van der Waals surface area contributed by atoms with Gasteiger partial charge in [0.25, 0.3) is 0 Å². The van der Waals surface area contributed by atoms with Gasteiger partial charge in [0.1, 0.15) is 11.0 Å². The molecule has 1 aliphatic heterocycles. The van der Waals surface area contributed by atoms with Crippen LogP contribution in [0.2, 0.25) is 5.02 Å². The van der Waals surface area contributed by atoms with Crippen molar-refractivity contribution < 1.29 is 9.53 Å². The Morgan fingerprint density at radius 2 is 1.97 bits per heavy atom. The van der Waals surface area contributed by atoms with Crippen molar-refractivity contribution in [2.75, 3.05) is 17.9 Å². The number of aromatic nitrogens is 3. The number of benzene rings is 2. The largest absolute Gasteiger partial charge is 0.495 e. The Hall–Kier alpha value is -2.71. The van der Waals surface area contributed by atoms with Gasteiger partial charge in [-0.15, -0.1) is 10.2 Å². The molecule has 2 atom stereocenters. The van der Waals surface area contributed by atoms with E-state index in [1.807, 2.05) is 55.8 Å². The van der Waals surface area contributed by atoms with E-state index in [9.17, 15) is 4.79 Å². The fourth-order valence-electron chi connectivity index (χ4n) is 3.71. The van der Waals surface area contributed by atoms with Gasteiger partial charge in [0.05, 0.1) is 18.2 Å². The highest BCUT2D eigenvalue weighted by molar-refractivity contribution is 8.00. The number of amides is 1. The Labute approximate surface area is 190 Å². The van der Waals surface area contributed by atoms with Crippen LogP contribution in [0, 0.1) is 13.8 Å². The predicted molar refractivity (Wildman–Crippen MR) is 124 cm³/mol. The molecule has 7 nitrogen and oxygen atoms in total. The first-order valence-electron chi connectivity index (χ1n) is 9.99. The van der Waals surface area contributed by atoms with Crippen molar-refractivity contribution in [3.63, 3.8) is 0 Å². The summed E-state index contributed by atoms with van der Waals surface area (Å²) in [5, 5.41) is 12.2. The van der Waals surface area contributed by atoms with Gasteiger partial charge in [-0.3, -0.25) is 4.79 Å². The van der Waals surface area contributed by atoms with Gasteiger partial charge in [0, 0.05) is 12.1 Å². The minimum Gasteiger partial charge on any atom is -0.495 e. The van der Waals surface area contributed by atoms with Crippen LogP contribution in [0.1, 0.15) is 35.5 Å². The molecular weight excluding hydrogens is 434 g/mol. The number of hydrogen-bond acceptors (Lipinski definition) is 6. The average Bonchev–Trinajstić information content (AvgIpc) is 3.14. The first-order chi connectivity index (χ1) is 14.9. The van der Waals surface area contributed by atoms with Crippen molar-refractivity contribution in [1.29, 1.82) is 0 Å². The number of hydrogen-bond donors (Lipinski definition) is 2. The van der Waals surface area contributed by atoms with Crippen LogP contribution < -0.4 is 15.5 Å². The maximum atomic E-state index is 13.4. The van der Waals surface area contributed by atoms with E-state index >= 15 is 0 Å². The lowest BCUT2D eigenvalue weighted by atomic mass is 10.0. The summed E-state index contributed by atoms with van der Waals surface area (Å²) in [6, 6.07) is 11.2. The molecule has 2 unspecified atom stereocenters. The molecule has 1 aliphatic rings. The zero-order chi connectivity index (χ0) is 22.1. The van der Waals surface area contributed by atoms with Crippen LogP contribution in [0.25, 0.3) is 0 Å². The lowest BCUT2D eigenvalue weighted by molar-refractivity contribution is -0.116. The Morgan fingerprint density at radius 1 is 1.23 bits per heavy atom. The summed E-state index contributed by atoms with van der Waals surface area (Å²) < 4.78 is 7.14. The maximum absolute atomic E-state index is 13.4. The van der Waals surface area contributed by atoms with E-state index in [0.29, 0.717) is 15.9 Å². The van der Waals surface area contributed by atoms with Crippen molar-refractivity contribution in [1.82, 2.24) is 14.9 Å². The van der Waals surface area contributed by atoms with E-state index in [1.165, 1.54) is 11.8 Å². The standard InChI is InChI=1S/C22H24ClN5O2S/c1-5-18-25-26-22-28(18)27-19(14-6-7-17(30-4)16(23)11-14)20(31-22)21(29)24-15-9-12(2)8-13(3)10-15/h6-11,19-20,27H,5H2,1-4H3,(H,24,29). The SMILES string of the molecule is CCc1nnc2n1NC(c1ccc(OC)c(Cl)c1)C(C(=O)Nc1cc(C)cc(C)c1)S2. The molecule has 162 valence electrons. The van der Waals surface area contributed by atoms with E-state index in [1.54, 1.807) is 7.11 Å². The van der Waals surface area contributed by atoms with Crippen LogP contribution in [0.5, 0.6) is 5.75 Å². The highest BCUT2D eigenvalue weighted by atomic mass is 35.5. The minimum absolute atomic E-state index is 0.119. The number of ether oxygens (including phenoxy) is 1. The summed E-state index contributed by atoms with van der Waals surface area (Å²) in [6.07, 6.45) is 0.718. The molecule has 2 aromatic carbocycles. The first-order valence-corrected chi connectivity index (χ1v) is 11.3. The summed E-state index contributed by atoms with van der Waals surface area (Å²) in [7, 11) is 1.58. The van der Waals surface area contributed by atoms with Crippen LogP contribution in [-0.4, -0.2) is 33.1 Å². The van der Waals surface area contributed by atoms with Crippen LogP contribution >= 0.6 is 23.4 Å². The maximum Gasteiger partial charge on any atom is 0.240 e. The zero-order valence-electron chi connectivity index (χ0n) is 17.8. The van der Waals surface area contributed by atoms with Crippen LogP contribution in [0.4, 0.5) is 5.69 Å². The molecule has 9 heteroatoms. The van der Waals surface area contributed by atoms with Gasteiger partial charge < -0.3 is 15.5 Å². The number of fused-ring (bicyclic) bond motifs is 1. The van der Waals surface area contributed by atoms with Crippen LogP contribution in [-0.2, 0) is 11.2 Å². The molecule has 0 saturated heterocycles. The normalized spacial score (nSPS) is 17.6. The molecule has 0 fully saturated rings. The van der Waals surface area contributed by atoms with E-state index in [4.69, 9.17) is 16.3 Å². The second kappa shape index (κ2) is 8.80. The number of nitrogens with one attached hydrogen (secondary N) is 2. The van der Waals surface area contributed by atoms with Gasteiger partial charge in [-0.2, -0.15) is 0 Å². The number of nitrogens with zero attached hydrogens (tertiary/aromatic N) is 3. The number of carbonyl (C=O) groups excluding carboxylic acids is 1. The number of anilines is 1. The smallest absolute Gasteiger partial charge is 0.240 e. The van der Waals surface area contributed by atoms with Crippen molar-refractivity contribution in [2.45, 2.75) is 43.6 Å². The summed E-state index contributed by atoms with van der Waals surface area (Å²) in [6.45, 7) is 6.04. The topological polar surface area (TPSA) is 81.1 Å². The van der Waals surface area contributed by atoms with Gasteiger partial charge in [0.2, 0.25) is 11.1 Å². The third-order valence-corrected chi connectivity index (χ3v) is 6.61. The van der Waals surface area contributed by atoms with Gasteiger partial charge in [-0.25, -0.2) is 4.68 Å². The molecule has 31 heavy (non-hydrogen) atoms. The summed E-state index contributed by atoms with van der Waals surface area (Å²) >= 11 is 7.77. The lowest BCUT2D eigenvalue weighted by Gasteiger charge is -2.33. The second-order valence-electron chi connectivity index (χ2n) is 7.49. The van der Waals surface area contributed by atoms with Gasteiger partial charge in [-0.05, 0) is 54.8 Å². The van der Waals surface area contributed by atoms with Crippen molar-refractivity contribution >= 4 is 35.0 Å². The molecule has 2 N–H and O–H groups in total. The van der Waals surface area contributed by atoms with Gasteiger partial charge >= 0.3 is 0 Å². The fourth-order valence-corrected chi connectivity index (χ4v) is 5.08. The third-order valence-electron chi connectivity index (χ3n) is 5.10. The van der Waals surface area contributed by atoms with E-state index in [2.05, 4.69) is 27.0 Å². The lowest BCUT2D eigenvalue weighted by Crippen LogP contribution is -2.41. The first kappa shape index (κ1) is 21.5. The number of thioether (sulfide) groups is 1. The quantitative estimate of drug-likeness (QED) is 0.586. The van der Waals surface area contributed by atoms with Gasteiger partial charge in [-0.1, -0.05) is 42.4 Å². The Kier molecular flexibility index (Phi) is 6.11. The number of rotatable bonds is 5. The molecule has 1 aromatic heterocycles. The van der Waals surface area contributed by atoms with Crippen LogP contribution in [0.15, 0.2) is 41.6 Å². The molecule has 1 amide bonds. The van der Waals surface area contributed by atoms with E-state index < -0.39 is 5.25 Å². The molecule has 3 aromatic rings. The van der Waals surface area contributed by atoms with Crippen LogP contribution in [0.3, 0.4) is 0 Å². The Balaban J connectivity index is 1.70. The molecule has 0 aliphatic carbocycles. The van der Waals surface area contributed by atoms with Crippen molar-refractivity contribution in [3.8, 4) is 5.75 Å². The van der Waals surface area contributed by atoms with E-state index in [-0.39, 0.29) is 11.9 Å². The fraction of sp³-hybridized carbons (Fsp3) is 0.318. The molecular formula is C22H24ClN5O2S. The summed E-state index contributed by atoms with van der Waals surface area (Å²) in [5.74, 6) is 1.27. The number of carbonyl (C=O) groups is 1. The Bertz CT molecular complexity index is 1110. The molecule has 0 radical (unpaired) electrons. The molecule has 4 rings (SSSR count). The zero-order valence-corrected chi connectivity index (χ0v) is 19.3. The monoisotopic (exact) mass is 457 g/mol. The van der Waals surface area contributed by atoms with Gasteiger partial charge in [0.15, 0.2) is 5.82 Å². The number of halogens is 1. The molecule has 2 heterocycles. The number of methoxy groups -OCH3 is 1. The predicted octanol–water partition coefficient (Wildman–Crippen LogP) is 4.52. The molecule has 0 bridgehead atoms. The summed E-state index contributed by atoms with van der Waals surface area (Å²) in [4.78, 5) is 13.4.